The summed E-state index contributed by atoms with van der Waals surface area (Å²) < 4.78 is 0. The van der Waals surface area contributed by atoms with Crippen molar-refractivity contribution < 1.29 is 25.8 Å². The monoisotopic (exact) mass is 394 g/mol. The first-order valence-electron chi connectivity index (χ1n) is 6.16. The molecule has 0 amide bonds. The first kappa shape index (κ1) is 14.9. The van der Waals surface area contributed by atoms with Gasteiger partial charge in [-0.25, -0.2) is 0 Å². The van der Waals surface area contributed by atoms with E-state index in [9.17, 15) is 0 Å². The summed E-state index contributed by atoms with van der Waals surface area (Å²) in [6.07, 6.45) is 5.89. The molecule has 1 aromatic rings. The SMILES string of the molecule is Cc1cc2c(cc1C)C(CC(C)(C)C)C=C2.[Hf]. The topological polar surface area (TPSA) is 0 Å². The summed E-state index contributed by atoms with van der Waals surface area (Å²) in [5.74, 6) is 0.620. The maximum Gasteiger partial charge on any atom is 0.00323 e. The van der Waals surface area contributed by atoms with E-state index in [2.05, 4.69) is 58.9 Å². The molecular weight excluding hydrogens is 371 g/mol. The first-order valence-corrected chi connectivity index (χ1v) is 6.16. The zero-order valence-electron chi connectivity index (χ0n) is 11.6. The summed E-state index contributed by atoms with van der Waals surface area (Å²) in [6, 6.07) is 4.70. The number of hydrogen-bond donors (Lipinski definition) is 0. The van der Waals surface area contributed by atoms with Crippen LogP contribution in [0.3, 0.4) is 0 Å². The number of hydrogen-bond acceptors (Lipinski definition) is 0. The van der Waals surface area contributed by atoms with Crippen molar-refractivity contribution in [1.82, 2.24) is 0 Å². The molecule has 1 aliphatic rings. The molecule has 0 aliphatic heterocycles. The van der Waals surface area contributed by atoms with Crippen molar-refractivity contribution in [2.75, 3.05) is 0 Å². The van der Waals surface area contributed by atoms with Gasteiger partial charge in [0.2, 0.25) is 0 Å². The van der Waals surface area contributed by atoms with Crippen LogP contribution in [0.1, 0.15) is 55.4 Å². The van der Waals surface area contributed by atoms with E-state index in [0.717, 1.165) is 0 Å². The number of allylic oxidation sites excluding steroid dienone is 1. The zero-order valence-corrected chi connectivity index (χ0v) is 15.2. The van der Waals surface area contributed by atoms with Crippen LogP contribution < -0.4 is 0 Å². The predicted octanol–water partition coefficient (Wildman–Crippen LogP) is 4.85. The molecule has 17 heavy (non-hydrogen) atoms. The molecule has 0 spiro atoms. The van der Waals surface area contributed by atoms with Crippen LogP contribution in [0.2, 0.25) is 0 Å². The molecule has 0 saturated carbocycles. The number of benzene rings is 1. The van der Waals surface area contributed by atoms with Gasteiger partial charge in [-0.2, -0.15) is 0 Å². The van der Waals surface area contributed by atoms with Gasteiger partial charge in [0.1, 0.15) is 0 Å². The maximum absolute atomic E-state index is 2.38. The van der Waals surface area contributed by atoms with Crippen molar-refractivity contribution in [1.29, 1.82) is 0 Å². The van der Waals surface area contributed by atoms with Crippen LogP contribution in [0.5, 0.6) is 0 Å². The van der Waals surface area contributed by atoms with Gasteiger partial charge in [-0.15, -0.1) is 0 Å². The molecule has 1 aromatic carbocycles. The predicted molar refractivity (Wildman–Crippen MR) is 71.8 cm³/mol. The third-order valence-electron chi connectivity index (χ3n) is 3.44. The van der Waals surface area contributed by atoms with E-state index in [1.165, 1.54) is 28.7 Å². The second-order valence-corrected chi connectivity index (χ2v) is 6.30. The Hall–Kier alpha value is -0.170. The van der Waals surface area contributed by atoms with E-state index >= 15 is 0 Å². The van der Waals surface area contributed by atoms with Crippen LogP contribution >= 0.6 is 0 Å². The third kappa shape index (κ3) is 3.40. The molecule has 0 nitrogen and oxygen atoms in total. The summed E-state index contributed by atoms with van der Waals surface area (Å²) in [4.78, 5) is 0. The van der Waals surface area contributed by atoms with Crippen molar-refractivity contribution >= 4 is 6.08 Å². The molecule has 1 unspecified atom stereocenters. The van der Waals surface area contributed by atoms with Crippen LogP contribution in [0.4, 0.5) is 0 Å². The Bertz CT molecular complexity index is 436. The minimum absolute atomic E-state index is 0. The summed E-state index contributed by atoms with van der Waals surface area (Å²) >= 11 is 0. The Labute approximate surface area is 124 Å². The van der Waals surface area contributed by atoms with Crippen molar-refractivity contribution in [3.05, 3.63) is 40.5 Å². The number of rotatable bonds is 1. The normalized spacial score (nSPS) is 17.8. The minimum Gasteiger partial charge on any atom is -0.0764 e. The van der Waals surface area contributed by atoms with E-state index in [-0.39, 0.29) is 25.8 Å². The molecule has 0 aromatic heterocycles. The van der Waals surface area contributed by atoms with Gasteiger partial charge in [-0.3, -0.25) is 0 Å². The molecule has 0 fully saturated rings. The van der Waals surface area contributed by atoms with E-state index in [1.807, 2.05) is 0 Å². The van der Waals surface area contributed by atoms with Gasteiger partial charge in [-0.1, -0.05) is 45.1 Å². The molecule has 0 saturated heterocycles. The second kappa shape index (κ2) is 5.22. The fourth-order valence-electron chi connectivity index (χ4n) is 2.49. The summed E-state index contributed by atoms with van der Waals surface area (Å²) in [5, 5.41) is 0. The Morgan fingerprint density at radius 1 is 1.06 bits per heavy atom. The smallest absolute Gasteiger partial charge is 0.00323 e. The van der Waals surface area contributed by atoms with E-state index in [1.54, 1.807) is 0 Å². The van der Waals surface area contributed by atoms with Gasteiger partial charge in [0.25, 0.3) is 0 Å². The Morgan fingerprint density at radius 2 is 1.65 bits per heavy atom. The fraction of sp³-hybridized carbons (Fsp3) is 0.500. The molecule has 1 aliphatic carbocycles. The zero-order chi connectivity index (χ0) is 11.9. The van der Waals surface area contributed by atoms with Crippen LogP contribution in [0.15, 0.2) is 18.2 Å². The van der Waals surface area contributed by atoms with Crippen molar-refractivity contribution in [3.8, 4) is 0 Å². The van der Waals surface area contributed by atoms with E-state index < -0.39 is 0 Å². The second-order valence-electron chi connectivity index (χ2n) is 6.30. The third-order valence-corrected chi connectivity index (χ3v) is 3.44. The van der Waals surface area contributed by atoms with Gasteiger partial charge in [-0.05, 0) is 47.9 Å². The molecule has 2 rings (SSSR count). The first-order chi connectivity index (χ1) is 7.37. The van der Waals surface area contributed by atoms with Gasteiger partial charge >= 0.3 is 0 Å². The van der Waals surface area contributed by atoms with Gasteiger partial charge in [0, 0.05) is 31.8 Å². The molecular formula is C16H22Hf. The van der Waals surface area contributed by atoms with Crippen molar-refractivity contribution in [2.24, 2.45) is 5.41 Å². The van der Waals surface area contributed by atoms with Gasteiger partial charge in [0.15, 0.2) is 0 Å². The molecule has 0 radical (unpaired) electrons. The van der Waals surface area contributed by atoms with E-state index in [4.69, 9.17) is 0 Å². The standard InChI is InChI=1S/C16H22.Hf/c1-11-8-13-6-7-14(10-16(3,4)5)15(13)9-12(11)2;/h6-9,14H,10H2,1-5H3;. The van der Waals surface area contributed by atoms with Crippen LogP contribution in [0.25, 0.3) is 6.08 Å². The Balaban J connectivity index is 0.00000144. The fourth-order valence-corrected chi connectivity index (χ4v) is 2.49. The molecule has 1 atom stereocenters. The average Bonchev–Trinajstić information content (AvgIpc) is 2.47. The minimum atomic E-state index is 0. The van der Waals surface area contributed by atoms with E-state index in [0.29, 0.717) is 11.3 Å². The summed E-state index contributed by atoms with van der Waals surface area (Å²) in [7, 11) is 0. The van der Waals surface area contributed by atoms with Crippen LogP contribution in [-0.4, -0.2) is 0 Å². The maximum atomic E-state index is 2.38. The largest absolute Gasteiger partial charge is 0.0764 e. The summed E-state index contributed by atoms with van der Waals surface area (Å²) in [6.45, 7) is 11.4. The quantitative estimate of drug-likeness (QED) is 0.599. The molecule has 1 heteroatoms. The Morgan fingerprint density at radius 3 is 2.24 bits per heavy atom. The van der Waals surface area contributed by atoms with Gasteiger partial charge in [0.05, 0.1) is 0 Å². The summed E-state index contributed by atoms with van der Waals surface area (Å²) in [5.41, 5.74) is 6.17. The van der Waals surface area contributed by atoms with Crippen molar-refractivity contribution in [3.63, 3.8) is 0 Å². The van der Waals surface area contributed by atoms with Crippen LogP contribution in [-0.2, 0) is 25.8 Å². The average molecular weight is 393 g/mol. The van der Waals surface area contributed by atoms with Gasteiger partial charge < -0.3 is 0 Å². The van der Waals surface area contributed by atoms with Crippen molar-refractivity contribution in [2.45, 2.75) is 47.0 Å². The molecule has 0 N–H and O–H groups in total. The molecule has 0 bridgehead atoms. The molecule has 0 heterocycles. The van der Waals surface area contributed by atoms with Crippen LogP contribution in [0, 0.1) is 19.3 Å². The molecule has 90 valence electrons. The number of fused-ring (bicyclic) bond motifs is 1. The number of aryl methyl sites for hydroxylation is 2. The Kier molecular flexibility index (Phi) is 4.57.